The Kier molecular flexibility index (Phi) is 3.09. The number of amides is 1. The Hall–Kier alpha value is -0.830. The molecule has 1 saturated carbocycles. The zero-order chi connectivity index (χ0) is 9.90. The number of allylic oxidation sites excluding steroid dienone is 1. The zero-order valence-corrected chi connectivity index (χ0v) is 8.39. The maximum atomic E-state index is 11.5. The highest BCUT2D eigenvalue weighted by Gasteiger charge is 2.48. The summed E-state index contributed by atoms with van der Waals surface area (Å²) in [6, 6.07) is 0. The van der Waals surface area contributed by atoms with Crippen LogP contribution in [0.4, 0.5) is 0 Å². The van der Waals surface area contributed by atoms with Gasteiger partial charge in [0.15, 0.2) is 0 Å². The quantitative estimate of drug-likeness (QED) is 0.632. The lowest BCUT2D eigenvalue weighted by Crippen LogP contribution is -2.36. The predicted octanol–water partition coefficient (Wildman–Crippen LogP) is 0.808. The van der Waals surface area contributed by atoms with Crippen molar-refractivity contribution in [1.82, 2.24) is 5.32 Å². The Labute approximate surface area is 79.4 Å². The van der Waals surface area contributed by atoms with Gasteiger partial charge in [-0.05, 0) is 26.7 Å². The Morgan fingerprint density at radius 2 is 2.15 bits per heavy atom. The van der Waals surface area contributed by atoms with E-state index in [9.17, 15) is 4.79 Å². The second-order valence-corrected chi connectivity index (χ2v) is 3.98. The van der Waals surface area contributed by atoms with Crippen molar-refractivity contribution in [3.05, 3.63) is 11.6 Å². The number of hydrogen-bond donors (Lipinski definition) is 2. The van der Waals surface area contributed by atoms with E-state index in [1.54, 1.807) is 0 Å². The second-order valence-electron chi connectivity index (χ2n) is 3.98. The Morgan fingerprint density at radius 1 is 1.54 bits per heavy atom. The van der Waals surface area contributed by atoms with Gasteiger partial charge in [0.05, 0.1) is 5.41 Å². The molecule has 1 fully saturated rings. The minimum Gasteiger partial charge on any atom is -0.352 e. The highest BCUT2D eigenvalue weighted by molar-refractivity contribution is 5.85. The van der Waals surface area contributed by atoms with Gasteiger partial charge in [0.25, 0.3) is 0 Å². The Balaban J connectivity index is 2.30. The van der Waals surface area contributed by atoms with Crippen LogP contribution in [0.1, 0.15) is 26.7 Å². The first kappa shape index (κ1) is 10.3. The largest absolute Gasteiger partial charge is 0.352 e. The monoisotopic (exact) mass is 182 g/mol. The molecule has 0 unspecified atom stereocenters. The van der Waals surface area contributed by atoms with Crippen molar-refractivity contribution in [3.63, 3.8) is 0 Å². The number of nitrogens with two attached hydrogens (primary N) is 1. The molecule has 0 aromatic rings. The van der Waals surface area contributed by atoms with E-state index < -0.39 is 0 Å². The first-order valence-electron chi connectivity index (χ1n) is 4.72. The van der Waals surface area contributed by atoms with E-state index in [4.69, 9.17) is 5.73 Å². The Bertz CT molecular complexity index is 225. The fraction of sp³-hybridized carbons (Fsp3) is 0.700. The first-order valence-corrected chi connectivity index (χ1v) is 4.72. The maximum absolute atomic E-state index is 11.5. The van der Waals surface area contributed by atoms with Crippen LogP contribution < -0.4 is 11.1 Å². The molecular formula is C10H18N2O. The molecule has 0 bridgehead atoms. The van der Waals surface area contributed by atoms with Gasteiger partial charge in [-0.1, -0.05) is 11.6 Å². The molecule has 1 aliphatic rings. The third-order valence-corrected chi connectivity index (χ3v) is 2.50. The van der Waals surface area contributed by atoms with Gasteiger partial charge in [-0.2, -0.15) is 0 Å². The molecule has 0 aromatic heterocycles. The van der Waals surface area contributed by atoms with Gasteiger partial charge in [-0.25, -0.2) is 0 Å². The van der Waals surface area contributed by atoms with Crippen molar-refractivity contribution in [2.45, 2.75) is 26.7 Å². The van der Waals surface area contributed by atoms with Crippen molar-refractivity contribution in [2.75, 3.05) is 13.1 Å². The molecule has 0 saturated heterocycles. The van der Waals surface area contributed by atoms with Gasteiger partial charge in [-0.3, -0.25) is 4.79 Å². The van der Waals surface area contributed by atoms with E-state index in [1.807, 2.05) is 19.9 Å². The van der Waals surface area contributed by atoms with Gasteiger partial charge in [-0.15, -0.1) is 0 Å². The predicted molar refractivity (Wildman–Crippen MR) is 53.2 cm³/mol. The fourth-order valence-electron chi connectivity index (χ4n) is 1.21. The molecule has 1 rings (SSSR count). The molecule has 3 heteroatoms. The number of nitrogens with one attached hydrogen (secondary N) is 1. The summed E-state index contributed by atoms with van der Waals surface area (Å²) in [5.74, 6) is 0.118. The van der Waals surface area contributed by atoms with Crippen LogP contribution in [-0.2, 0) is 4.79 Å². The summed E-state index contributed by atoms with van der Waals surface area (Å²) in [4.78, 5) is 11.5. The molecule has 0 spiro atoms. The summed E-state index contributed by atoms with van der Waals surface area (Å²) in [5.41, 5.74) is 6.53. The minimum atomic E-state index is -0.213. The zero-order valence-electron chi connectivity index (χ0n) is 8.39. The van der Waals surface area contributed by atoms with Crippen LogP contribution >= 0.6 is 0 Å². The van der Waals surface area contributed by atoms with Crippen molar-refractivity contribution in [3.8, 4) is 0 Å². The van der Waals surface area contributed by atoms with E-state index in [1.165, 1.54) is 5.57 Å². The van der Waals surface area contributed by atoms with Crippen LogP contribution in [0, 0.1) is 5.41 Å². The third kappa shape index (κ3) is 2.56. The van der Waals surface area contributed by atoms with Gasteiger partial charge in [0.2, 0.25) is 5.91 Å². The molecule has 0 heterocycles. The molecule has 1 amide bonds. The molecule has 0 atom stereocenters. The summed E-state index contributed by atoms with van der Waals surface area (Å²) in [6.45, 7) is 5.14. The molecular weight excluding hydrogens is 164 g/mol. The summed E-state index contributed by atoms with van der Waals surface area (Å²) < 4.78 is 0. The highest BCUT2D eigenvalue weighted by Crippen LogP contribution is 2.44. The molecule has 1 aliphatic carbocycles. The van der Waals surface area contributed by atoms with Crippen molar-refractivity contribution < 1.29 is 4.79 Å². The van der Waals surface area contributed by atoms with E-state index in [0.717, 1.165) is 12.8 Å². The number of carbonyl (C=O) groups excluding carboxylic acids is 1. The lowest BCUT2D eigenvalue weighted by molar-refractivity contribution is -0.125. The molecule has 3 nitrogen and oxygen atoms in total. The summed E-state index contributed by atoms with van der Waals surface area (Å²) >= 11 is 0. The Morgan fingerprint density at radius 3 is 2.54 bits per heavy atom. The number of carbonyl (C=O) groups is 1. The first-order chi connectivity index (χ1) is 6.10. The van der Waals surface area contributed by atoms with E-state index >= 15 is 0 Å². The number of hydrogen-bond acceptors (Lipinski definition) is 2. The van der Waals surface area contributed by atoms with E-state index in [-0.39, 0.29) is 11.3 Å². The normalized spacial score (nSPS) is 17.8. The van der Waals surface area contributed by atoms with Crippen LogP contribution in [0.15, 0.2) is 11.6 Å². The van der Waals surface area contributed by atoms with Crippen molar-refractivity contribution in [2.24, 2.45) is 11.1 Å². The average molecular weight is 182 g/mol. The van der Waals surface area contributed by atoms with E-state index in [2.05, 4.69) is 5.32 Å². The molecule has 0 radical (unpaired) electrons. The lowest BCUT2D eigenvalue weighted by Gasteiger charge is -2.11. The van der Waals surface area contributed by atoms with Gasteiger partial charge < -0.3 is 11.1 Å². The number of rotatable bonds is 4. The van der Waals surface area contributed by atoms with Crippen LogP contribution in [0.3, 0.4) is 0 Å². The summed E-state index contributed by atoms with van der Waals surface area (Å²) in [6.07, 6.45) is 3.90. The molecule has 13 heavy (non-hydrogen) atoms. The van der Waals surface area contributed by atoms with Crippen molar-refractivity contribution >= 4 is 5.91 Å². The summed E-state index contributed by atoms with van der Waals surface area (Å²) in [7, 11) is 0. The molecule has 0 aromatic carbocycles. The molecule has 74 valence electrons. The second kappa shape index (κ2) is 3.92. The van der Waals surface area contributed by atoms with Gasteiger partial charge >= 0.3 is 0 Å². The van der Waals surface area contributed by atoms with Gasteiger partial charge in [0, 0.05) is 13.1 Å². The standard InChI is InChI=1S/C10H18N2O/c1-8(2)3-6-12-9(13)10(7-11)4-5-10/h3H,4-7,11H2,1-2H3,(H,12,13). The van der Waals surface area contributed by atoms with Gasteiger partial charge in [0.1, 0.15) is 0 Å². The fourth-order valence-corrected chi connectivity index (χ4v) is 1.21. The topological polar surface area (TPSA) is 55.1 Å². The van der Waals surface area contributed by atoms with E-state index in [0.29, 0.717) is 13.1 Å². The van der Waals surface area contributed by atoms with Crippen LogP contribution in [0.5, 0.6) is 0 Å². The smallest absolute Gasteiger partial charge is 0.227 e. The van der Waals surface area contributed by atoms with Crippen LogP contribution in [0.2, 0.25) is 0 Å². The molecule has 3 N–H and O–H groups in total. The minimum absolute atomic E-state index is 0.118. The maximum Gasteiger partial charge on any atom is 0.227 e. The third-order valence-electron chi connectivity index (χ3n) is 2.50. The van der Waals surface area contributed by atoms with Crippen molar-refractivity contribution in [1.29, 1.82) is 0 Å². The highest BCUT2D eigenvalue weighted by atomic mass is 16.2. The SMILES string of the molecule is CC(C)=CCNC(=O)C1(CN)CC1. The van der Waals surface area contributed by atoms with Crippen LogP contribution in [0.25, 0.3) is 0 Å². The summed E-state index contributed by atoms with van der Waals surface area (Å²) in [5, 5.41) is 2.87. The average Bonchev–Trinajstić information content (AvgIpc) is 2.83. The molecule has 0 aliphatic heterocycles. The lowest BCUT2D eigenvalue weighted by atomic mass is 10.1. The van der Waals surface area contributed by atoms with Crippen LogP contribution in [-0.4, -0.2) is 19.0 Å².